The minimum absolute atomic E-state index is 0.145. The molecule has 2 N–H and O–H groups in total. The van der Waals surface area contributed by atoms with Crippen LogP contribution in [0.15, 0.2) is 77.8 Å². The Kier molecular flexibility index (Phi) is 7.26. The minimum Gasteiger partial charge on any atom is -0.351 e. The van der Waals surface area contributed by atoms with Gasteiger partial charge in [-0.15, -0.1) is 0 Å². The molecule has 2 amide bonds. The molecule has 0 spiro atoms. The van der Waals surface area contributed by atoms with E-state index in [0.717, 1.165) is 59.0 Å². The van der Waals surface area contributed by atoms with Crippen LogP contribution in [0, 0.1) is 19.8 Å². The number of nitrogens with zero attached hydrogens (tertiary/aromatic N) is 2. The topological polar surface area (TPSA) is 94.6 Å². The van der Waals surface area contributed by atoms with E-state index < -0.39 is 18.0 Å². The molecule has 1 aliphatic carbocycles. The Morgan fingerprint density at radius 2 is 1.66 bits per heavy atom. The first-order valence-corrected chi connectivity index (χ1v) is 14.4. The Hall–Kier alpha value is -4.52. The summed E-state index contributed by atoms with van der Waals surface area (Å²) in [5, 5.41) is 3.81. The van der Waals surface area contributed by atoms with E-state index in [2.05, 4.69) is 10.3 Å². The number of ketones is 1. The number of benzodiazepines with no additional fused rings is 1. The second-order valence-corrected chi connectivity index (χ2v) is 11.1. The number of amides is 2. The number of aromatic amines is 1. The number of rotatable bonds is 6. The Balaban J connectivity index is 1.42. The van der Waals surface area contributed by atoms with E-state index in [9.17, 15) is 14.4 Å². The third kappa shape index (κ3) is 5.20. The first kappa shape index (κ1) is 26.7. The molecule has 4 aromatic rings. The second-order valence-electron chi connectivity index (χ2n) is 11.1. The van der Waals surface area contributed by atoms with Crippen molar-refractivity contribution in [3.8, 4) is 0 Å². The van der Waals surface area contributed by atoms with E-state index in [-0.39, 0.29) is 18.2 Å². The van der Waals surface area contributed by atoms with Gasteiger partial charge >= 0.3 is 0 Å². The number of fused-ring (bicyclic) bond motifs is 2. The van der Waals surface area contributed by atoms with E-state index in [1.807, 2.05) is 74.5 Å². The van der Waals surface area contributed by atoms with Gasteiger partial charge in [0.2, 0.25) is 6.17 Å². The minimum atomic E-state index is -1.16. The fourth-order valence-electron chi connectivity index (χ4n) is 6.21. The summed E-state index contributed by atoms with van der Waals surface area (Å²) in [6.45, 7) is 3.71. The third-order valence-electron chi connectivity index (χ3n) is 8.33. The lowest BCUT2D eigenvalue weighted by Crippen LogP contribution is -2.49. The second kappa shape index (κ2) is 11.2. The van der Waals surface area contributed by atoms with Crippen molar-refractivity contribution in [2.45, 2.75) is 52.1 Å². The maximum Gasteiger partial charge on any atom is 0.272 e. The molecule has 1 aliphatic heterocycles. The van der Waals surface area contributed by atoms with Crippen molar-refractivity contribution in [1.29, 1.82) is 0 Å². The number of hydrogen-bond donors (Lipinski definition) is 2. The standard InChI is InChI=1S/C34H34N4O3/c1-21-11-6-8-16-25(21)29(39)20-38-31-22(2)12-10-17-26(31)30(23-13-4-3-5-14-23)36-32(34(38)41)37-33(40)28-19-24-15-7-9-18-27(24)35-28/h6-12,15-19,23,32,35H,3-5,13-14,20H2,1-2H3,(H,37,40). The highest BCUT2D eigenvalue weighted by Crippen LogP contribution is 2.36. The molecule has 2 aliphatic rings. The summed E-state index contributed by atoms with van der Waals surface area (Å²) < 4.78 is 0. The first-order chi connectivity index (χ1) is 19.9. The number of nitrogens with one attached hydrogen (secondary N) is 2. The van der Waals surface area contributed by atoms with Crippen molar-refractivity contribution in [3.63, 3.8) is 0 Å². The van der Waals surface area contributed by atoms with E-state index in [4.69, 9.17) is 4.99 Å². The molecule has 208 valence electrons. The zero-order valence-corrected chi connectivity index (χ0v) is 23.4. The zero-order chi connectivity index (χ0) is 28.5. The predicted molar refractivity (Wildman–Crippen MR) is 162 cm³/mol. The van der Waals surface area contributed by atoms with Crippen LogP contribution in [-0.4, -0.2) is 41.0 Å². The molecule has 1 fully saturated rings. The Labute approximate surface area is 239 Å². The van der Waals surface area contributed by atoms with Crippen LogP contribution in [0.3, 0.4) is 0 Å². The Morgan fingerprint density at radius 3 is 2.44 bits per heavy atom. The lowest BCUT2D eigenvalue weighted by Gasteiger charge is -2.27. The van der Waals surface area contributed by atoms with Gasteiger partial charge < -0.3 is 15.2 Å². The van der Waals surface area contributed by atoms with Crippen molar-refractivity contribution in [3.05, 3.63) is 101 Å². The van der Waals surface area contributed by atoms with Crippen LogP contribution in [-0.2, 0) is 4.79 Å². The van der Waals surface area contributed by atoms with Gasteiger partial charge in [-0.05, 0) is 49.9 Å². The molecule has 1 unspecified atom stereocenters. The van der Waals surface area contributed by atoms with Crippen LogP contribution in [0.2, 0.25) is 0 Å². The fraction of sp³-hybridized carbons (Fsp3) is 0.294. The van der Waals surface area contributed by atoms with Gasteiger partial charge in [0.1, 0.15) is 5.69 Å². The van der Waals surface area contributed by atoms with Crippen molar-refractivity contribution in [1.82, 2.24) is 10.3 Å². The van der Waals surface area contributed by atoms with Crippen LogP contribution in [0.1, 0.15) is 69.6 Å². The molecule has 6 rings (SSSR count). The lowest BCUT2D eigenvalue weighted by molar-refractivity contribution is -0.120. The van der Waals surface area contributed by atoms with Crippen LogP contribution >= 0.6 is 0 Å². The van der Waals surface area contributed by atoms with Gasteiger partial charge in [-0.3, -0.25) is 19.4 Å². The molecule has 7 heteroatoms. The molecule has 0 radical (unpaired) electrons. The first-order valence-electron chi connectivity index (χ1n) is 14.4. The van der Waals surface area contributed by atoms with Crippen molar-refractivity contribution in [2.24, 2.45) is 10.9 Å². The number of H-pyrrole nitrogens is 1. The van der Waals surface area contributed by atoms with Crippen LogP contribution in [0.5, 0.6) is 0 Å². The van der Waals surface area contributed by atoms with E-state index in [0.29, 0.717) is 16.9 Å². The molecule has 7 nitrogen and oxygen atoms in total. The number of carbonyl (C=O) groups excluding carboxylic acids is 3. The SMILES string of the molecule is Cc1ccccc1C(=O)CN1C(=O)C(NC(=O)c2cc3ccccc3[nH]2)N=C(C2CCCCC2)c2cccc(C)c21. The smallest absolute Gasteiger partial charge is 0.272 e. The van der Waals surface area contributed by atoms with Gasteiger partial charge in [-0.2, -0.15) is 0 Å². The van der Waals surface area contributed by atoms with Gasteiger partial charge in [0.15, 0.2) is 5.78 Å². The van der Waals surface area contributed by atoms with E-state index in [1.54, 1.807) is 12.1 Å². The maximum atomic E-state index is 14.3. The number of aryl methyl sites for hydroxylation is 2. The van der Waals surface area contributed by atoms with Crippen molar-refractivity contribution >= 4 is 39.9 Å². The quantitative estimate of drug-likeness (QED) is 0.285. The molecule has 3 aromatic carbocycles. The number of benzene rings is 3. The van der Waals surface area contributed by atoms with E-state index >= 15 is 0 Å². The largest absolute Gasteiger partial charge is 0.351 e. The number of Topliss-reactive ketones (excluding diaryl/α,β-unsaturated/α-hetero) is 1. The highest BCUT2D eigenvalue weighted by molar-refractivity contribution is 6.17. The van der Waals surface area contributed by atoms with Gasteiger partial charge in [0.25, 0.3) is 11.8 Å². The fourth-order valence-corrected chi connectivity index (χ4v) is 6.21. The average molecular weight is 547 g/mol. The highest BCUT2D eigenvalue weighted by Gasteiger charge is 2.37. The number of carbonyl (C=O) groups is 3. The van der Waals surface area contributed by atoms with Crippen LogP contribution in [0.4, 0.5) is 5.69 Å². The number of aliphatic imine (C=N–C) groups is 1. The molecule has 0 bridgehead atoms. The summed E-state index contributed by atoms with van der Waals surface area (Å²) in [6, 6.07) is 22.8. The summed E-state index contributed by atoms with van der Waals surface area (Å²) in [5.41, 5.74) is 5.92. The number of anilines is 1. The van der Waals surface area contributed by atoms with Crippen LogP contribution < -0.4 is 10.2 Å². The maximum absolute atomic E-state index is 14.3. The summed E-state index contributed by atoms with van der Waals surface area (Å²) in [7, 11) is 0. The number of aromatic nitrogens is 1. The molecule has 1 saturated carbocycles. The molecular formula is C34H34N4O3. The zero-order valence-electron chi connectivity index (χ0n) is 23.4. The predicted octanol–water partition coefficient (Wildman–Crippen LogP) is 6.14. The summed E-state index contributed by atoms with van der Waals surface area (Å²) in [6.07, 6.45) is 4.17. The summed E-state index contributed by atoms with van der Waals surface area (Å²) >= 11 is 0. The van der Waals surface area contributed by atoms with Gasteiger partial charge in [0, 0.05) is 27.9 Å². The van der Waals surface area contributed by atoms with Gasteiger partial charge in [-0.25, -0.2) is 0 Å². The monoisotopic (exact) mass is 546 g/mol. The Bertz CT molecular complexity index is 1650. The molecule has 41 heavy (non-hydrogen) atoms. The van der Waals surface area contributed by atoms with Crippen molar-refractivity contribution < 1.29 is 14.4 Å². The van der Waals surface area contributed by atoms with Crippen molar-refractivity contribution in [2.75, 3.05) is 11.4 Å². The highest BCUT2D eigenvalue weighted by atomic mass is 16.2. The molecule has 0 saturated heterocycles. The van der Waals surface area contributed by atoms with E-state index in [1.165, 1.54) is 11.3 Å². The normalized spacial score (nSPS) is 17.6. The molecule has 1 atom stereocenters. The van der Waals surface area contributed by atoms with Gasteiger partial charge in [0.05, 0.1) is 17.9 Å². The molecular weight excluding hydrogens is 512 g/mol. The average Bonchev–Trinajstić information content (AvgIpc) is 3.39. The number of para-hydroxylation sites is 2. The summed E-state index contributed by atoms with van der Waals surface area (Å²) in [5.74, 6) is -0.819. The Morgan fingerprint density at radius 1 is 0.927 bits per heavy atom. The number of hydrogen-bond acceptors (Lipinski definition) is 4. The third-order valence-corrected chi connectivity index (χ3v) is 8.33. The van der Waals surface area contributed by atoms with Gasteiger partial charge in [-0.1, -0.05) is 79.9 Å². The molecule has 1 aromatic heterocycles. The lowest BCUT2D eigenvalue weighted by atomic mass is 9.82. The molecule has 2 heterocycles. The van der Waals surface area contributed by atoms with Crippen LogP contribution in [0.25, 0.3) is 10.9 Å². The summed E-state index contributed by atoms with van der Waals surface area (Å²) in [4.78, 5) is 51.1.